The van der Waals surface area contributed by atoms with Gasteiger partial charge in [0.25, 0.3) is 0 Å². The van der Waals surface area contributed by atoms with E-state index in [1.54, 1.807) is 7.11 Å². The van der Waals surface area contributed by atoms with Crippen molar-refractivity contribution in [3.63, 3.8) is 0 Å². The van der Waals surface area contributed by atoms with Gasteiger partial charge < -0.3 is 14.4 Å². The molecule has 21 heavy (non-hydrogen) atoms. The molecule has 1 N–H and O–H groups in total. The van der Waals surface area contributed by atoms with Crippen molar-refractivity contribution in [3.8, 4) is 5.75 Å². The Bertz CT molecular complexity index is 666. The number of methoxy groups -OCH3 is 1. The number of carbonyl (C=O) groups is 1. The fourth-order valence-corrected chi connectivity index (χ4v) is 2.70. The lowest BCUT2D eigenvalue weighted by atomic mass is 9.98. The Morgan fingerprint density at radius 2 is 2.33 bits per heavy atom. The molecule has 0 saturated heterocycles. The van der Waals surface area contributed by atoms with E-state index in [0.29, 0.717) is 25.8 Å². The number of aromatic nitrogens is 3. The van der Waals surface area contributed by atoms with Gasteiger partial charge in [0.15, 0.2) is 0 Å². The average Bonchev–Trinajstić information content (AvgIpc) is 2.90. The van der Waals surface area contributed by atoms with Crippen LogP contribution >= 0.6 is 0 Å². The zero-order valence-corrected chi connectivity index (χ0v) is 11.8. The summed E-state index contributed by atoms with van der Waals surface area (Å²) in [5, 5.41) is 17.5. The van der Waals surface area contributed by atoms with Crippen molar-refractivity contribution in [2.75, 3.05) is 7.11 Å². The smallest absolute Gasteiger partial charge is 0.307 e. The fourth-order valence-electron chi connectivity index (χ4n) is 2.70. The first-order valence-corrected chi connectivity index (χ1v) is 6.94. The molecular formula is C15H17N3O3. The van der Waals surface area contributed by atoms with E-state index in [2.05, 4.69) is 10.2 Å². The van der Waals surface area contributed by atoms with Crippen LogP contribution in [-0.2, 0) is 24.2 Å². The quantitative estimate of drug-likeness (QED) is 0.922. The molecule has 0 aliphatic carbocycles. The predicted molar refractivity (Wildman–Crippen MR) is 75.3 cm³/mol. The lowest BCUT2D eigenvalue weighted by Gasteiger charge is -2.20. The number of ether oxygens (including phenoxy) is 1. The van der Waals surface area contributed by atoms with Gasteiger partial charge in [0, 0.05) is 19.4 Å². The number of fused-ring (bicyclic) bond motifs is 1. The molecule has 6 nitrogen and oxygen atoms in total. The van der Waals surface area contributed by atoms with Crippen LogP contribution in [0, 0.1) is 5.92 Å². The second-order valence-electron chi connectivity index (χ2n) is 5.24. The number of aliphatic carboxylic acids is 1. The van der Waals surface area contributed by atoms with Gasteiger partial charge in [0.1, 0.15) is 17.4 Å². The molecule has 1 aliphatic rings. The first-order chi connectivity index (χ1) is 10.2. The Balaban J connectivity index is 1.80. The second kappa shape index (κ2) is 5.55. The van der Waals surface area contributed by atoms with Gasteiger partial charge in [-0.3, -0.25) is 4.79 Å². The van der Waals surface area contributed by atoms with Crippen LogP contribution in [0.1, 0.15) is 23.6 Å². The van der Waals surface area contributed by atoms with Crippen LogP contribution in [0.5, 0.6) is 5.75 Å². The van der Waals surface area contributed by atoms with Crippen molar-refractivity contribution in [1.29, 1.82) is 0 Å². The highest BCUT2D eigenvalue weighted by Gasteiger charge is 2.27. The lowest BCUT2D eigenvalue weighted by molar-refractivity contribution is -0.142. The fraction of sp³-hybridized carbons (Fsp3) is 0.400. The third-order valence-corrected chi connectivity index (χ3v) is 3.88. The van der Waals surface area contributed by atoms with Crippen LogP contribution in [0.25, 0.3) is 0 Å². The molecule has 1 unspecified atom stereocenters. The molecule has 3 rings (SSSR count). The lowest BCUT2D eigenvalue weighted by Crippen LogP contribution is -2.26. The Morgan fingerprint density at radius 1 is 1.48 bits per heavy atom. The monoisotopic (exact) mass is 287 g/mol. The molecule has 0 amide bonds. The number of nitrogens with zero attached hydrogens (tertiary/aromatic N) is 3. The van der Waals surface area contributed by atoms with Crippen LogP contribution in [-0.4, -0.2) is 33.0 Å². The van der Waals surface area contributed by atoms with E-state index in [-0.39, 0.29) is 5.92 Å². The van der Waals surface area contributed by atoms with Gasteiger partial charge >= 0.3 is 5.97 Å². The Hall–Kier alpha value is -2.37. The zero-order chi connectivity index (χ0) is 14.8. The summed E-state index contributed by atoms with van der Waals surface area (Å²) >= 11 is 0. The highest BCUT2D eigenvalue weighted by molar-refractivity contribution is 5.70. The number of carboxylic acids is 1. The molecule has 1 aliphatic heterocycles. The molecule has 1 aromatic carbocycles. The van der Waals surface area contributed by atoms with Crippen molar-refractivity contribution < 1.29 is 14.6 Å². The van der Waals surface area contributed by atoms with Crippen molar-refractivity contribution in [1.82, 2.24) is 14.8 Å². The van der Waals surface area contributed by atoms with Gasteiger partial charge in [-0.15, -0.1) is 10.2 Å². The summed E-state index contributed by atoms with van der Waals surface area (Å²) in [5.41, 5.74) is 1.10. The first kappa shape index (κ1) is 13.6. The molecule has 0 spiro atoms. The Kier molecular flexibility index (Phi) is 3.60. The molecule has 1 atom stereocenters. The summed E-state index contributed by atoms with van der Waals surface area (Å²) in [7, 11) is 1.64. The third kappa shape index (κ3) is 2.74. The minimum absolute atomic E-state index is 0.341. The summed E-state index contributed by atoms with van der Waals surface area (Å²) < 4.78 is 7.26. The van der Waals surface area contributed by atoms with Gasteiger partial charge in [0.05, 0.1) is 13.0 Å². The molecule has 2 aromatic rings. The van der Waals surface area contributed by atoms with E-state index >= 15 is 0 Å². The van der Waals surface area contributed by atoms with Crippen LogP contribution in [0.15, 0.2) is 24.3 Å². The summed E-state index contributed by atoms with van der Waals surface area (Å²) in [6.45, 7) is 0.665. The summed E-state index contributed by atoms with van der Waals surface area (Å²) in [4.78, 5) is 11.1. The molecule has 2 heterocycles. The van der Waals surface area contributed by atoms with Gasteiger partial charge in [0.2, 0.25) is 0 Å². The minimum atomic E-state index is -0.751. The standard InChI is InChI=1S/C15H17N3O3/c1-21-12-4-2-3-10(7-12)8-13-16-17-14-9-11(15(19)20)5-6-18(13)14/h2-4,7,11H,5-6,8-9H2,1H3,(H,19,20). The van der Waals surface area contributed by atoms with Crippen molar-refractivity contribution >= 4 is 5.97 Å². The molecule has 0 saturated carbocycles. The highest BCUT2D eigenvalue weighted by Crippen LogP contribution is 2.22. The minimum Gasteiger partial charge on any atom is -0.497 e. The number of rotatable bonds is 4. The summed E-state index contributed by atoms with van der Waals surface area (Å²) in [6, 6.07) is 7.85. The van der Waals surface area contributed by atoms with E-state index in [0.717, 1.165) is 23.0 Å². The van der Waals surface area contributed by atoms with E-state index < -0.39 is 5.97 Å². The Morgan fingerprint density at radius 3 is 3.10 bits per heavy atom. The van der Waals surface area contributed by atoms with Crippen LogP contribution in [0.2, 0.25) is 0 Å². The van der Waals surface area contributed by atoms with Gasteiger partial charge in [-0.1, -0.05) is 12.1 Å². The predicted octanol–water partition coefficient (Wildman–Crippen LogP) is 1.52. The first-order valence-electron chi connectivity index (χ1n) is 6.94. The van der Waals surface area contributed by atoms with E-state index in [9.17, 15) is 4.79 Å². The largest absolute Gasteiger partial charge is 0.497 e. The number of hydrogen-bond acceptors (Lipinski definition) is 4. The van der Waals surface area contributed by atoms with Gasteiger partial charge in [-0.25, -0.2) is 0 Å². The molecule has 0 radical (unpaired) electrons. The highest BCUT2D eigenvalue weighted by atomic mass is 16.5. The molecule has 6 heteroatoms. The molecule has 0 bridgehead atoms. The maximum absolute atomic E-state index is 11.1. The summed E-state index contributed by atoms with van der Waals surface area (Å²) in [6.07, 6.45) is 1.76. The molecular weight excluding hydrogens is 270 g/mol. The van der Waals surface area contributed by atoms with E-state index in [4.69, 9.17) is 9.84 Å². The molecule has 110 valence electrons. The molecule has 1 aromatic heterocycles. The van der Waals surface area contributed by atoms with Gasteiger partial charge in [-0.2, -0.15) is 0 Å². The topological polar surface area (TPSA) is 77.2 Å². The van der Waals surface area contributed by atoms with Crippen LogP contribution in [0.3, 0.4) is 0 Å². The zero-order valence-electron chi connectivity index (χ0n) is 11.8. The SMILES string of the molecule is COc1cccc(Cc2nnc3n2CCC(C(=O)O)C3)c1. The van der Waals surface area contributed by atoms with E-state index in [1.165, 1.54) is 0 Å². The van der Waals surface area contributed by atoms with Crippen molar-refractivity contribution in [2.24, 2.45) is 5.92 Å². The maximum Gasteiger partial charge on any atom is 0.307 e. The van der Waals surface area contributed by atoms with Gasteiger partial charge in [-0.05, 0) is 24.1 Å². The average molecular weight is 287 g/mol. The number of benzene rings is 1. The van der Waals surface area contributed by atoms with Crippen LogP contribution < -0.4 is 4.74 Å². The van der Waals surface area contributed by atoms with E-state index in [1.807, 2.05) is 28.8 Å². The van der Waals surface area contributed by atoms with Crippen molar-refractivity contribution in [3.05, 3.63) is 41.5 Å². The summed E-state index contributed by atoms with van der Waals surface area (Å²) in [5.74, 6) is 1.37. The number of carboxylic acid groups (broad SMARTS) is 1. The maximum atomic E-state index is 11.1. The third-order valence-electron chi connectivity index (χ3n) is 3.88. The molecule has 0 fully saturated rings. The normalized spacial score (nSPS) is 17.3. The Labute approximate surface area is 122 Å². The van der Waals surface area contributed by atoms with Crippen LogP contribution in [0.4, 0.5) is 0 Å². The second-order valence-corrected chi connectivity index (χ2v) is 5.24. The van der Waals surface area contributed by atoms with Crippen molar-refractivity contribution in [2.45, 2.75) is 25.8 Å². The number of hydrogen-bond donors (Lipinski definition) is 1.